The topological polar surface area (TPSA) is 95.9 Å². The fourth-order valence-electron chi connectivity index (χ4n) is 11.8. The Morgan fingerprint density at radius 2 is 0.582 bits per heavy atom. The van der Waals surface area contributed by atoms with Crippen molar-refractivity contribution in [1.82, 2.24) is 5.32 Å². The van der Waals surface area contributed by atoms with Crippen LogP contribution < -0.4 is 5.32 Å². The number of hydrogen-bond acceptors (Lipinski definition) is 5. The third-order valence-electron chi connectivity index (χ3n) is 17.3. The summed E-state index contributed by atoms with van der Waals surface area (Å²) in [5.41, 5.74) is 0. The first-order chi connectivity index (χ1) is 39.0. The lowest BCUT2D eigenvalue weighted by molar-refractivity contribution is -0.143. The van der Waals surface area contributed by atoms with Gasteiger partial charge in [0.25, 0.3) is 0 Å². The molecule has 470 valence electrons. The number of ether oxygens (including phenoxy) is 1. The van der Waals surface area contributed by atoms with E-state index in [1.54, 1.807) is 6.08 Å². The van der Waals surface area contributed by atoms with Gasteiger partial charge in [-0.3, -0.25) is 9.59 Å². The molecule has 0 aromatic heterocycles. The molecule has 0 bridgehead atoms. The van der Waals surface area contributed by atoms with Gasteiger partial charge in [0.2, 0.25) is 5.91 Å². The smallest absolute Gasteiger partial charge is 0.305 e. The zero-order chi connectivity index (χ0) is 57.1. The molecule has 1 amide bonds. The van der Waals surface area contributed by atoms with Crippen molar-refractivity contribution in [3.05, 3.63) is 12.2 Å². The highest BCUT2D eigenvalue weighted by molar-refractivity contribution is 5.76. The van der Waals surface area contributed by atoms with E-state index in [1.807, 2.05) is 6.08 Å². The minimum atomic E-state index is -0.843. The zero-order valence-electron chi connectivity index (χ0n) is 53.9. The Morgan fingerprint density at radius 3 is 0.861 bits per heavy atom. The summed E-state index contributed by atoms with van der Waals surface area (Å²) >= 11 is 0. The molecule has 2 unspecified atom stereocenters. The largest absolute Gasteiger partial charge is 0.466 e. The number of allylic oxidation sites excluding steroid dienone is 1. The zero-order valence-corrected chi connectivity index (χ0v) is 53.9. The fraction of sp³-hybridized carbons (Fsp3) is 0.945. The number of unbranched alkanes of at least 4 members (excludes halogenated alkanes) is 58. The third kappa shape index (κ3) is 65.6. The van der Waals surface area contributed by atoms with Crippen molar-refractivity contribution >= 4 is 11.9 Å². The van der Waals surface area contributed by atoms with E-state index in [-0.39, 0.29) is 18.5 Å². The Labute approximate surface area is 495 Å². The number of rotatable bonds is 69. The number of carbonyl (C=O) groups is 2. The first-order valence-electron chi connectivity index (χ1n) is 36.5. The summed E-state index contributed by atoms with van der Waals surface area (Å²) in [5, 5.41) is 23.2. The number of esters is 1. The van der Waals surface area contributed by atoms with Crippen LogP contribution in [0.4, 0.5) is 0 Å². The van der Waals surface area contributed by atoms with E-state index in [4.69, 9.17) is 4.74 Å². The number of amides is 1. The molecule has 0 rings (SSSR count). The predicted octanol–water partition coefficient (Wildman–Crippen LogP) is 23.5. The van der Waals surface area contributed by atoms with Gasteiger partial charge in [-0.1, -0.05) is 386 Å². The Hall–Kier alpha value is -1.40. The molecule has 0 aliphatic heterocycles. The number of hydrogen-bond donors (Lipinski definition) is 3. The summed E-state index contributed by atoms with van der Waals surface area (Å²) in [6.07, 6.45) is 85.9. The maximum Gasteiger partial charge on any atom is 0.305 e. The average molecular weight is 1110 g/mol. The summed E-state index contributed by atoms with van der Waals surface area (Å²) in [4.78, 5) is 24.6. The third-order valence-corrected chi connectivity index (χ3v) is 17.3. The second kappa shape index (κ2) is 69.1. The van der Waals surface area contributed by atoms with E-state index in [1.165, 1.54) is 353 Å². The Kier molecular flexibility index (Phi) is 67.9. The molecule has 2 atom stereocenters. The standard InChI is InChI=1S/C73H143NO5/c1-3-5-7-9-11-13-15-17-19-21-31-34-37-41-45-49-53-57-61-65-71(76)70(69-75)74-72(77)66-62-58-54-50-46-42-38-35-32-29-27-25-23-22-24-26-28-30-33-36-40-44-48-52-56-60-64-68-79-73(78)67-63-59-55-51-47-43-39-20-18-16-14-12-10-8-6-4-2/h61,65,70-71,75-76H,3-60,62-64,66-69H2,1-2H3,(H,74,77)/b65-61+. The van der Waals surface area contributed by atoms with E-state index >= 15 is 0 Å². The maximum atomic E-state index is 12.5. The van der Waals surface area contributed by atoms with Crippen molar-refractivity contribution in [2.24, 2.45) is 0 Å². The van der Waals surface area contributed by atoms with Crippen molar-refractivity contribution < 1.29 is 24.5 Å². The van der Waals surface area contributed by atoms with Gasteiger partial charge in [0, 0.05) is 12.8 Å². The summed E-state index contributed by atoms with van der Waals surface area (Å²) < 4.78 is 5.51. The van der Waals surface area contributed by atoms with Crippen LogP contribution in [0.3, 0.4) is 0 Å². The highest BCUT2D eigenvalue weighted by atomic mass is 16.5. The number of nitrogens with one attached hydrogen (secondary N) is 1. The average Bonchev–Trinajstić information content (AvgIpc) is 3.45. The molecule has 6 heteroatoms. The minimum absolute atomic E-state index is 0.0223. The van der Waals surface area contributed by atoms with Gasteiger partial charge >= 0.3 is 5.97 Å². The lowest BCUT2D eigenvalue weighted by atomic mass is 10.0. The highest BCUT2D eigenvalue weighted by Crippen LogP contribution is 2.19. The van der Waals surface area contributed by atoms with Crippen molar-refractivity contribution in [2.75, 3.05) is 13.2 Å². The Morgan fingerprint density at radius 1 is 0.342 bits per heavy atom. The molecule has 0 saturated carbocycles. The van der Waals surface area contributed by atoms with Crippen LogP contribution in [-0.4, -0.2) is 47.4 Å². The van der Waals surface area contributed by atoms with Crippen LogP contribution in [0.5, 0.6) is 0 Å². The summed E-state index contributed by atoms with van der Waals surface area (Å²) in [7, 11) is 0. The van der Waals surface area contributed by atoms with Gasteiger partial charge in [-0.2, -0.15) is 0 Å². The van der Waals surface area contributed by atoms with Crippen LogP contribution in [0.25, 0.3) is 0 Å². The first-order valence-corrected chi connectivity index (χ1v) is 36.5. The molecule has 0 aliphatic rings. The molecule has 0 aromatic rings. The van der Waals surface area contributed by atoms with Crippen molar-refractivity contribution in [2.45, 2.75) is 431 Å². The maximum absolute atomic E-state index is 12.5. The van der Waals surface area contributed by atoms with Crippen molar-refractivity contribution in [3.63, 3.8) is 0 Å². The van der Waals surface area contributed by atoms with E-state index in [9.17, 15) is 19.8 Å². The van der Waals surface area contributed by atoms with Gasteiger partial charge in [0.1, 0.15) is 0 Å². The quantitative estimate of drug-likeness (QED) is 0.0320. The van der Waals surface area contributed by atoms with Gasteiger partial charge in [0.15, 0.2) is 0 Å². The molecule has 0 spiro atoms. The Balaban J connectivity index is 3.35. The molecule has 0 aromatic carbocycles. The van der Waals surface area contributed by atoms with Crippen LogP contribution in [0.2, 0.25) is 0 Å². The van der Waals surface area contributed by atoms with Gasteiger partial charge in [-0.25, -0.2) is 0 Å². The van der Waals surface area contributed by atoms with Gasteiger partial charge in [0.05, 0.1) is 25.4 Å². The van der Waals surface area contributed by atoms with E-state index < -0.39 is 12.1 Å². The molecule has 6 nitrogen and oxygen atoms in total. The van der Waals surface area contributed by atoms with Crippen molar-refractivity contribution in [3.8, 4) is 0 Å². The lowest BCUT2D eigenvalue weighted by Crippen LogP contribution is -2.45. The second-order valence-corrected chi connectivity index (χ2v) is 25.3. The Bertz CT molecular complexity index is 1190. The monoisotopic (exact) mass is 1110 g/mol. The normalized spacial score (nSPS) is 12.5. The van der Waals surface area contributed by atoms with Crippen LogP contribution in [0.15, 0.2) is 12.2 Å². The lowest BCUT2D eigenvalue weighted by Gasteiger charge is -2.20. The number of carbonyl (C=O) groups excluding carboxylic acids is 2. The molecule has 0 aliphatic carbocycles. The summed E-state index contributed by atoms with van der Waals surface area (Å²) in [6, 6.07) is -0.626. The molecule has 0 heterocycles. The van der Waals surface area contributed by atoms with Gasteiger partial charge < -0.3 is 20.3 Å². The first kappa shape index (κ1) is 77.6. The molecule has 0 radical (unpaired) electrons. The molecular weight excluding hydrogens is 971 g/mol. The predicted molar refractivity (Wildman–Crippen MR) is 347 cm³/mol. The van der Waals surface area contributed by atoms with E-state index in [2.05, 4.69) is 19.2 Å². The molecule has 0 fully saturated rings. The molecule has 0 saturated heterocycles. The van der Waals surface area contributed by atoms with E-state index in [0.29, 0.717) is 19.4 Å². The fourth-order valence-corrected chi connectivity index (χ4v) is 11.8. The SMILES string of the molecule is CCCCCCCCCCCCCCCCCCC/C=C/C(O)C(CO)NC(=O)CCCCCCCCCCCCCCCCCCCCCCCCCCCCCOC(=O)CCCCCCCCCCCCCCCCCC. The number of aliphatic hydroxyl groups is 2. The molecule has 3 N–H and O–H groups in total. The van der Waals surface area contributed by atoms with Crippen LogP contribution >= 0.6 is 0 Å². The minimum Gasteiger partial charge on any atom is -0.466 e. The summed E-state index contributed by atoms with van der Waals surface area (Å²) in [5.74, 6) is -0.0386. The van der Waals surface area contributed by atoms with Crippen LogP contribution in [0, 0.1) is 0 Å². The molecular formula is C73H143NO5. The van der Waals surface area contributed by atoms with Crippen LogP contribution in [0.1, 0.15) is 418 Å². The summed E-state index contributed by atoms with van der Waals surface area (Å²) in [6.45, 7) is 4.96. The second-order valence-electron chi connectivity index (χ2n) is 25.3. The van der Waals surface area contributed by atoms with Gasteiger partial charge in [-0.15, -0.1) is 0 Å². The van der Waals surface area contributed by atoms with Gasteiger partial charge in [-0.05, 0) is 32.1 Å². The van der Waals surface area contributed by atoms with Crippen LogP contribution in [-0.2, 0) is 14.3 Å². The number of aliphatic hydroxyl groups excluding tert-OH is 2. The highest BCUT2D eigenvalue weighted by Gasteiger charge is 2.18. The van der Waals surface area contributed by atoms with E-state index in [0.717, 1.165) is 38.5 Å². The molecule has 79 heavy (non-hydrogen) atoms. The van der Waals surface area contributed by atoms with Crippen molar-refractivity contribution in [1.29, 1.82) is 0 Å².